The van der Waals surface area contributed by atoms with E-state index >= 15 is 0 Å². The number of carbonyl (C=O) groups excluding carboxylic acids is 1. The summed E-state index contributed by atoms with van der Waals surface area (Å²) < 4.78 is 42.2. The van der Waals surface area contributed by atoms with Gasteiger partial charge in [-0.15, -0.1) is 0 Å². The number of alkyl halides is 3. The number of oxime groups is 1. The van der Waals surface area contributed by atoms with Crippen LogP contribution in [0, 0.1) is 0 Å². The van der Waals surface area contributed by atoms with E-state index in [-0.39, 0.29) is 5.84 Å². The van der Waals surface area contributed by atoms with Crippen molar-refractivity contribution in [2.45, 2.75) is 25.8 Å². The highest BCUT2D eigenvalue weighted by atomic mass is 19.4. The van der Waals surface area contributed by atoms with E-state index < -0.39 is 24.7 Å². The zero-order chi connectivity index (χ0) is 20.6. The third-order valence-corrected chi connectivity index (χ3v) is 3.54. The van der Waals surface area contributed by atoms with Crippen molar-refractivity contribution < 1.29 is 27.5 Å². The molecule has 2 aromatic rings. The minimum atomic E-state index is -4.51. The van der Waals surface area contributed by atoms with Crippen molar-refractivity contribution >= 4 is 11.7 Å². The third kappa shape index (κ3) is 6.82. The number of amidine groups is 1. The molecule has 0 aliphatic carbocycles. The van der Waals surface area contributed by atoms with Crippen LogP contribution < -0.4 is 15.8 Å². The smallest absolute Gasteiger partial charge is 0.405 e. The lowest BCUT2D eigenvalue weighted by Gasteiger charge is -2.14. The number of rotatable bonds is 8. The molecule has 6 nitrogen and oxygen atoms in total. The van der Waals surface area contributed by atoms with Gasteiger partial charge in [0, 0.05) is 0 Å². The van der Waals surface area contributed by atoms with Gasteiger partial charge in [-0.2, -0.15) is 13.2 Å². The van der Waals surface area contributed by atoms with Crippen LogP contribution in [-0.4, -0.2) is 30.6 Å². The van der Waals surface area contributed by atoms with E-state index in [1.165, 1.54) is 6.92 Å². The van der Waals surface area contributed by atoms with E-state index in [9.17, 15) is 18.0 Å². The van der Waals surface area contributed by atoms with E-state index in [0.717, 1.165) is 5.56 Å². The molecular weight excluding hydrogens is 375 g/mol. The van der Waals surface area contributed by atoms with Gasteiger partial charge in [-0.25, -0.2) is 0 Å². The summed E-state index contributed by atoms with van der Waals surface area (Å²) in [6.45, 7) is 0.122. The second-order valence-electron chi connectivity index (χ2n) is 5.83. The molecule has 0 aliphatic heterocycles. The van der Waals surface area contributed by atoms with Gasteiger partial charge in [0.1, 0.15) is 18.9 Å². The largest absolute Gasteiger partial charge is 0.488 e. The Labute approximate surface area is 160 Å². The minimum absolute atomic E-state index is 0.0702. The summed E-state index contributed by atoms with van der Waals surface area (Å²) in [5.74, 6) is -0.577. The molecular formula is C19H20F3N3O3. The van der Waals surface area contributed by atoms with E-state index in [2.05, 4.69) is 5.16 Å². The summed E-state index contributed by atoms with van der Waals surface area (Å²) in [5.41, 5.74) is 7.28. The number of amides is 1. The number of carbonyl (C=O) groups is 1. The van der Waals surface area contributed by atoms with Gasteiger partial charge in [0.25, 0.3) is 5.91 Å². The van der Waals surface area contributed by atoms with Gasteiger partial charge >= 0.3 is 6.18 Å². The summed E-state index contributed by atoms with van der Waals surface area (Å²) in [4.78, 5) is 16.5. The molecule has 0 saturated carbocycles. The lowest BCUT2D eigenvalue weighted by molar-refractivity contribution is -0.145. The Balaban J connectivity index is 1.99. The highest BCUT2D eigenvalue weighted by molar-refractivity contribution is 5.99. The maximum Gasteiger partial charge on any atom is 0.405 e. The number of halogens is 3. The Kier molecular flexibility index (Phi) is 7.25. The van der Waals surface area contributed by atoms with Crippen molar-refractivity contribution in [1.29, 1.82) is 0 Å². The van der Waals surface area contributed by atoms with Gasteiger partial charge < -0.3 is 20.6 Å². The SMILES string of the molecule is CC(ON=C(N)c1ccccc1OCc1ccccc1)C(=O)NCC(F)(F)F. The maximum absolute atomic E-state index is 12.1. The van der Waals surface area contributed by atoms with Crippen LogP contribution in [0.1, 0.15) is 18.1 Å². The second-order valence-corrected chi connectivity index (χ2v) is 5.83. The molecule has 1 atom stereocenters. The van der Waals surface area contributed by atoms with Crippen LogP contribution >= 0.6 is 0 Å². The fraction of sp³-hybridized carbons (Fsp3) is 0.263. The summed E-state index contributed by atoms with van der Waals surface area (Å²) in [7, 11) is 0. The van der Waals surface area contributed by atoms with Crippen LogP contribution in [-0.2, 0) is 16.2 Å². The average Bonchev–Trinajstić information content (AvgIpc) is 2.68. The van der Waals surface area contributed by atoms with Crippen LogP contribution in [0.3, 0.4) is 0 Å². The quantitative estimate of drug-likeness (QED) is 0.409. The fourth-order valence-electron chi connectivity index (χ4n) is 2.10. The summed E-state index contributed by atoms with van der Waals surface area (Å²) >= 11 is 0. The van der Waals surface area contributed by atoms with Crippen molar-refractivity contribution in [3.05, 3.63) is 65.7 Å². The van der Waals surface area contributed by atoms with E-state index in [1.807, 2.05) is 30.3 Å². The highest BCUT2D eigenvalue weighted by Gasteiger charge is 2.29. The molecule has 2 aromatic carbocycles. The number of benzene rings is 2. The number of nitrogens with two attached hydrogens (primary N) is 1. The topological polar surface area (TPSA) is 85.9 Å². The number of nitrogens with zero attached hydrogens (tertiary/aromatic N) is 1. The zero-order valence-electron chi connectivity index (χ0n) is 15.1. The van der Waals surface area contributed by atoms with Crippen molar-refractivity contribution in [3.8, 4) is 5.75 Å². The third-order valence-electron chi connectivity index (χ3n) is 3.54. The van der Waals surface area contributed by atoms with E-state index in [0.29, 0.717) is 17.9 Å². The van der Waals surface area contributed by atoms with Crippen LogP contribution in [0.15, 0.2) is 59.8 Å². The number of nitrogens with one attached hydrogen (secondary N) is 1. The van der Waals surface area contributed by atoms with Crippen LogP contribution in [0.2, 0.25) is 0 Å². The molecule has 0 bridgehead atoms. The van der Waals surface area contributed by atoms with Gasteiger partial charge in [0.15, 0.2) is 5.84 Å². The second kappa shape index (κ2) is 9.63. The molecule has 150 valence electrons. The van der Waals surface area contributed by atoms with Gasteiger partial charge in [0.2, 0.25) is 6.10 Å². The molecule has 0 saturated heterocycles. The number of ether oxygens (including phenoxy) is 1. The highest BCUT2D eigenvalue weighted by Crippen LogP contribution is 2.19. The molecule has 0 radical (unpaired) electrons. The molecule has 1 unspecified atom stereocenters. The van der Waals surface area contributed by atoms with E-state index in [4.69, 9.17) is 15.3 Å². The first kappa shape index (κ1) is 21.1. The van der Waals surface area contributed by atoms with Crippen molar-refractivity contribution in [2.75, 3.05) is 6.54 Å². The van der Waals surface area contributed by atoms with Gasteiger partial charge in [-0.1, -0.05) is 47.6 Å². The molecule has 28 heavy (non-hydrogen) atoms. The van der Waals surface area contributed by atoms with Gasteiger partial charge in [0.05, 0.1) is 5.56 Å². The van der Waals surface area contributed by atoms with Crippen molar-refractivity contribution in [3.63, 3.8) is 0 Å². The Morgan fingerprint density at radius 1 is 1.14 bits per heavy atom. The molecule has 1 amide bonds. The van der Waals surface area contributed by atoms with Crippen LogP contribution in [0.4, 0.5) is 13.2 Å². The normalized spacial score (nSPS) is 12.9. The first-order chi connectivity index (χ1) is 13.3. The average molecular weight is 395 g/mol. The Hall–Kier alpha value is -3.23. The molecule has 3 N–H and O–H groups in total. The van der Waals surface area contributed by atoms with Crippen LogP contribution in [0.25, 0.3) is 0 Å². The predicted molar refractivity (Wildman–Crippen MR) is 97.6 cm³/mol. The first-order valence-corrected chi connectivity index (χ1v) is 8.36. The standard InChI is InChI=1S/C19H20F3N3O3/c1-13(18(26)24-12-19(20,21)22)28-25-17(23)15-9-5-6-10-16(15)27-11-14-7-3-2-4-8-14/h2-10,13H,11-12H2,1H3,(H2,23,25)(H,24,26). The number of hydrogen-bond donors (Lipinski definition) is 2. The Bertz CT molecular complexity index is 811. The predicted octanol–water partition coefficient (Wildman–Crippen LogP) is 2.97. The zero-order valence-corrected chi connectivity index (χ0v) is 15.1. The molecule has 0 heterocycles. The molecule has 0 fully saturated rings. The molecule has 0 spiro atoms. The Morgan fingerprint density at radius 2 is 1.79 bits per heavy atom. The van der Waals surface area contributed by atoms with Crippen molar-refractivity contribution in [1.82, 2.24) is 5.32 Å². The first-order valence-electron chi connectivity index (χ1n) is 8.36. The lowest BCUT2D eigenvalue weighted by Crippen LogP contribution is -2.39. The van der Waals surface area contributed by atoms with Gasteiger partial charge in [-0.05, 0) is 24.6 Å². The van der Waals surface area contributed by atoms with E-state index in [1.54, 1.807) is 29.6 Å². The van der Waals surface area contributed by atoms with Crippen molar-refractivity contribution in [2.24, 2.45) is 10.9 Å². The number of hydrogen-bond acceptors (Lipinski definition) is 4. The van der Waals surface area contributed by atoms with Crippen LogP contribution in [0.5, 0.6) is 5.75 Å². The summed E-state index contributed by atoms with van der Waals surface area (Å²) in [6, 6.07) is 16.3. The maximum atomic E-state index is 12.1. The minimum Gasteiger partial charge on any atom is -0.488 e. The summed E-state index contributed by atoms with van der Waals surface area (Å²) in [6.07, 6.45) is -5.76. The molecule has 9 heteroatoms. The lowest BCUT2D eigenvalue weighted by atomic mass is 10.2. The fourth-order valence-corrected chi connectivity index (χ4v) is 2.10. The number of para-hydroxylation sites is 1. The summed E-state index contributed by atoms with van der Waals surface area (Å²) in [5, 5.41) is 5.36. The molecule has 2 rings (SSSR count). The molecule has 0 aliphatic rings. The monoisotopic (exact) mass is 395 g/mol. The van der Waals surface area contributed by atoms with Gasteiger partial charge in [-0.3, -0.25) is 4.79 Å². The molecule has 0 aromatic heterocycles. The Morgan fingerprint density at radius 3 is 2.46 bits per heavy atom.